The summed E-state index contributed by atoms with van der Waals surface area (Å²) in [4.78, 5) is 14.7. The molecule has 154 valence electrons. The van der Waals surface area contributed by atoms with E-state index in [0.717, 1.165) is 18.5 Å². The highest BCUT2D eigenvalue weighted by atomic mass is 32.2. The zero-order valence-corrected chi connectivity index (χ0v) is 17.4. The van der Waals surface area contributed by atoms with Crippen molar-refractivity contribution in [3.63, 3.8) is 0 Å². The third-order valence-corrected chi connectivity index (χ3v) is 6.80. The van der Waals surface area contributed by atoms with E-state index in [0.29, 0.717) is 38.0 Å². The molecule has 1 fully saturated rings. The van der Waals surface area contributed by atoms with Gasteiger partial charge in [-0.3, -0.25) is 4.79 Å². The van der Waals surface area contributed by atoms with Crippen molar-refractivity contribution >= 4 is 27.0 Å². The summed E-state index contributed by atoms with van der Waals surface area (Å²) in [7, 11) is 0.0602. The molecule has 1 N–H and O–H groups in total. The average molecular weight is 409 g/mol. The van der Waals surface area contributed by atoms with Crippen molar-refractivity contribution in [3.8, 4) is 0 Å². The number of rotatable bonds is 8. The van der Waals surface area contributed by atoms with Gasteiger partial charge in [0.05, 0.1) is 10.4 Å². The molecule has 3 rings (SSSR count). The number of nitrogens with zero attached hydrogens (tertiary/aromatic N) is 5. The summed E-state index contributed by atoms with van der Waals surface area (Å²) in [6.07, 6.45) is 2.11. The first kappa shape index (κ1) is 20.7. The van der Waals surface area contributed by atoms with Gasteiger partial charge in [-0.05, 0) is 51.6 Å². The number of likely N-dealkylation sites (N-methyl/N-ethyl adjacent to an activating group) is 1. The first-order valence-corrected chi connectivity index (χ1v) is 11.1. The highest BCUT2D eigenvalue weighted by Crippen LogP contribution is 2.27. The van der Waals surface area contributed by atoms with Crippen LogP contribution in [0, 0.1) is 0 Å². The smallest absolute Gasteiger partial charge is 0.243 e. The summed E-state index contributed by atoms with van der Waals surface area (Å²) in [6.45, 7) is 4.31. The predicted molar refractivity (Wildman–Crippen MR) is 106 cm³/mol. The molecule has 0 unspecified atom stereocenters. The van der Waals surface area contributed by atoms with Gasteiger partial charge in [-0.25, -0.2) is 13.1 Å². The van der Waals surface area contributed by atoms with Crippen molar-refractivity contribution in [1.29, 1.82) is 0 Å². The molecule has 1 aromatic heterocycles. The Morgan fingerprint density at radius 2 is 2.14 bits per heavy atom. The van der Waals surface area contributed by atoms with Gasteiger partial charge in [0.25, 0.3) is 0 Å². The van der Waals surface area contributed by atoms with E-state index in [9.17, 15) is 13.2 Å². The fourth-order valence-electron chi connectivity index (χ4n) is 3.44. The minimum Gasteiger partial charge on any atom is -0.353 e. The number of hydrogen-bond acceptors (Lipinski definition) is 6. The Bertz CT molecular complexity index is 940. The zero-order valence-electron chi connectivity index (χ0n) is 16.6. The van der Waals surface area contributed by atoms with E-state index in [1.54, 1.807) is 22.9 Å². The van der Waals surface area contributed by atoms with Gasteiger partial charge in [0.1, 0.15) is 11.6 Å². The molecule has 1 saturated heterocycles. The number of aryl methyl sites for hydroxylation is 1. The Hall–Kier alpha value is -2.04. The predicted octanol–water partition coefficient (Wildman–Crippen LogP) is 0.672. The zero-order chi connectivity index (χ0) is 20.3. The molecular formula is C18H28N6O3S. The monoisotopic (exact) mass is 408 g/mol. The molecule has 1 amide bonds. The van der Waals surface area contributed by atoms with Gasteiger partial charge >= 0.3 is 0 Å². The van der Waals surface area contributed by atoms with Crippen molar-refractivity contribution in [2.75, 3.05) is 33.7 Å². The highest BCUT2D eigenvalue weighted by Gasteiger charge is 2.39. The molecule has 9 nitrogen and oxygen atoms in total. The molecule has 28 heavy (non-hydrogen) atoms. The van der Waals surface area contributed by atoms with E-state index >= 15 is 0 Å². The van der Waals surface area contributed by atoms with Crippen molar-refractivity contribution in [2.24, 2.45) is 0 Å². The van der Waals surface area contributed by atoms with Crippen LogP contribution in [0.5, 0.6) is 0 Å². The number of amides is 1. The van der Waals surface area contributed by atoms with E-state index in [-0.39, 0.29) is 10.8 Å². The van der Waals surface area contributed by atoms with Crippen LogP contribution in [0.2, 0.25) is 0 Å². The fourth-order valence-corrected chi connectivity index (χ4v) is 5.11. The van der Waals surface area contributed by atoms with Crippen molar-refractivity contribution in [2.45, 2.75) is 43.7 Å². The third kappa shape index (κ3) is 4.18. The van der Waals surface area contributed by atoms with Gasteiger partial charge in [0.15, 0.2) is 0 Å². The number of carbonyl (C=O) groups is 1. The number of sulfonamides is 1. The Labute approximate surface area is 165 Å². The molecule has 0 radical (unpaired) electrons. The quantitative estimate of drug-likeness (QED) is 0.689. The van der Waals surface area contributed by atoms with Gasteiger partial charge < -0.3 is 10.2 Å². The highest BCUT2D eigenvalue weighted by molar-refractivity contribution is 7.89. The second-order valence-electron chi connectivity index (χ2n) is 7.33. The van der Waals surface area contributed by atoms with Gasteiger partial charge in [0.2, 0.25) is 15.9 Å². The van der Waals surface area contributed by atoms with Gasteiger partial charge in [0, 0.05) is 26.2 Å². The first-order valence-electron chi connectivity index (χ1n) is 9.62. The number of fused-ring (bicyclic) bond motifs is 1. The second kappa shape index (κ2) is 8.54. The first-order chi connectivity index (χ1) is 13.3. The summed E-state index contributed by atoms with van der Waals surface area (Å²) in [6, 6.07) is 4.19. The molecule has 0 saturated carbocycles. The van der Waals surface area contributed by atoms with Crippen molar-refractivity contribution in [3.05, 3.63) is 18.2 Å². The van der Waals surface area contributed by atoms with E-state index in [2.05, 4.69) is 15.6 Å². The van der Waals surface area contributed by atoms with Crippen LogP contribution in [0.15, 0.2) is 23.1 Å². The standard InChI is InChI=1S/C18H28N6O3S/c1-4-10-23-16-8-7-14(13-15(16)20-21-23)28(26,27)24-11-5-6-17(24)18(25)19-9-12-22(2)3/h7-8,13,17H,4-6,9-12H2,1-3H3,(H,19,25)/t17-/m0/s1. The molecule has 10 heteroatoms. The van der Waals surface area contributed by atoms with Crippen molar-refractivity contribution in [1.82, 2.24) is 29.5 Å². The maximum atomic E-state index is 13.2. The van der Waals surface area contributed by atoms with Crippen LogP contribution in [0.4, 0.5) is 0 Å². The molecule has 1 aromatic carbocycles. The minimum atomic E-state index is -3.78. The van der Waals surface area contributed by atoms with E-state index in [1.807, 2.05) is 25.9 Å². The maximum absolute atomic E-state index is 13.2. The van der Waals surface area contributed by atoms with Gasteiger partial charge in [-0.15, -0.1) is 5.10 Å². The summed E-state index contributed by atoms with van der Waals surface area (Å²) >= 11 is 0. The van der Waals surface area contributed by atoms with E-state index in [1.165, 1.54) is 4.31 Å². The van der Waals surface area contributed by atoms with Crippen LogP contribution < -0.4 is 5.32 Å². The molecule has 1 aliphatic heterocycles. The molecule has 0 bridgehead atoms. The summed E-state index contributed by atoms with van der Waals surface area (Å²) in [5.41, 5.74) is 1.35. The molecule has 0 spiro atoms. The lowest BCUT2D eigenvalue weighted by Crippen LogP contribution is -2.47. The summed E-state index contributed by atoms with van der Waals surface area (Å²) in [5, 5.41) is 11.0. The Balaban J connectivity index is 1.81. The maximum Gasteiger partial charge on any atom is 0.243 e. The third-order valence-electron chi connectivity index (χ3n) is 4.89. The van der Waals surface area contributed by atoms with Crippen LogP contribution >= 0.6 is 0 Å². The number of benzene rings is 1. The molecule has 1 atom stereocenters. The van der Waals surface area contributed by atoms with E-state index < -0.39 is 16.1 Å². The SMILES string of the molecule is CCCn1nnc2cc(S(=O)(=O)N3CCC[C@H]3C(=O)NCCN(C)C)ccc21. The Morgan fingerprint density at radius 1 is 1.36 bits per heavy atom. The number of hydrogen-bond donors (Lipinski definition) is 1. The average Bonchev–Trinajstić information content (AvgIpc) is 3.29. The van der Waals surface area contributed by atoms with Crippen LogP contribution in [0.3, 0.4) is 0 Å². The molecule has 2 heterocycles. The number of nitrogens with one attached hydrogen (secondary N) is 1. The largest absolute Gasteiger partial charge is 0.353 e. The summed E-state index contributed by atoms with van der Waals surface area (Å²) < 4.78 is 29.5. The molecule has 1 aliphatic rings. The molecule has 2 aromatic rings. The fraction of sp³-hybridized carbons (Fsp3) is 0.611. The second-order valence-corrected chi connectivity index (χ2v) is 9.22. The van der Waals surface area contributed by atoms with Gasteiger partial charge in [-0.2, -0.15) is 4.31 Å². The van der Waals surface area contributed by atoms with Crippen LogP contribution in [0.1, 0.15) is 26.2 Å². The topological polar surface area (TPSA) is 100 Å². The van der Waals surface area contributed by atoms with Crippen LogP contribution in [-0.4, -0.2) is 78.3 Å². The lowest BCUT2D eigenvalue weighted by molar-refractivity contribution is -0.124. The van der Waals surface area contributed by atoms with Crippen LogP contribution in [0.25, 0.3) is 11.0 Å². The van der Waals surface area contributed by atoms with Gasteiger partial charge in [-0.1, -0.05) is 12.1 Å². The normalized spacial score (nSPS) is 18.2. The molecular weight excluding hydrogens is 380 g/mol. The lowest BCUT2D eigenvalue weighted by Gasteiger charge is -2.23. The minimum absolute atomic E-state index is 0.150. The summed E-state index contributed by atoms with van der Waals surface area (Å²) in [5.74, 6) is -0.238. The number of aromatic nitrogens is 3. The van der Waals surface area contributed by atoms with E-state index in [4.69, 9.17) is 0 Å². The van der Waals surface area contributed by atoms with Crippen LogP contribution in [-0.2, 0) is 21.4 Å². The lowest BCUT2D eigenvalue weighted by atomic mass is 10.2. The number of carbonyl (C=O) groups excluding carboxylic acids is 1. The van der Waals surface area contributed by atoms with Crippen molar-refractivity contribution < 1.29 is 13.2 Å². The Morgan fingerprint density at radius 3 is 2.86 bits per heavy atom. The Kier molecular flexibility index (Phi) is 6.31. The molecule has 0 aliphatic carbocycles.